The molecule has 3 rings (SSSR count). The molecule has 0 amide bonds. The van der Waals surface area contributed by atoms with Crippen LogP contribution in [0.2, 0.25) is 5.02 Å². The SMILES string of the molecule is COc1cc(C)c(OC)c2c1CCC(NCc1cc(C)cc(Cl)c1)C2. The quantitative estimate of drug-likeness (QED) is 0.844. The summed E-state index contributed by atoms with van der Waals surface area (Å²) in [6.07, 6.45) is 3.05. The molecule has 4 heteroatoms. The Hall–Kier alpha value is -1.71. The molecule has 0 saturated heterocycles. The van der Waals surface area contributed by atoms with E-state index in [0.29, 0.717) is 6.04 Å². The van der Waals surface area contributed by atoms with E-state index in [4.69, 9.17) is 21.1 Å². The smallest absolute Gasteiger partial charge is 0.125 e. The highest BCUT2D eigenvalue weighted by Crippen LogP contribution is 2.38. The Kier molecular flexibility index (Phi) is 5.55. The van der Waals surface area contributed by atoms with Gasteiger partial charge < -0.3 is 14.8 Å². The summed E-state index contributed by atoms with van der Waals surface area (Å²) in [4.78, 5) is 0. The maximum absolute atomic E-state index is 6.17. The summed E-state index contributed by atoms with van der Waals surface area (Å²) in [5.74, 6) is 1.98. The average molecular weight is 360 g/mol. The standard InChI is InChI=1S/C21H26ClNO2/c1-13-7-15(10-16(22)8-13)12-23-17-5-6-18-19(11-17)21(25-4)14(2)9-20(18)24-3/h7-10,17,23H,5-6,11-12H2,1-4H3. The van der Waals surface area contributed by atoms with Gasteiger partial charge in [-0.3, -0.25) is 0 Å². The Morgan fingerprint density at radius 2 is 1.88 bits per heavy atom. The van der Waals surface area contributed by atoms with E-state index in [9.17, 15) is 0 Å². The molecule has 0 aliphatic heterocycles. The highest BCUT2D eigenvalue weighted by Gasteiger charge is 2.25. The van der Waals surface area contributed by atoms with Crippen molar-refractivity contribution in [2.24, 2.45) is 0 Å². The summed E-state index contributed by atoms with van der Waals surface area (Å²) in [6.45, 7) is 4.98. The van der Waals surface area contributed by atoms with Crippen LogP contribution < -0.4 is 14.8 Å². The van der Waals surface area contributed by atoms with Gasteiger partial charge in [0.1, 0.15) is 11.5 Å². The maximum Gasteiger partial charge on any atom is 0.125 e. The minimum absolute atomic E-state index is 0.423. The lowest BCUT2D eigenvalue weighted by atomic mass is 9.85. The van der Waals surface area contributed by atoms with Crippen molar-refractivity contribution in [2.75, 3.05) is 14.2 Å². The highest BCUT2D eigenvalue weighted by atomic mass is 35.5. The average Bonchev–Trinajstić information content (AvgIpc) is 2.58. The van der Waals surface area contributed by atoms with E-state index < -0.39 is 0 Å². The molecule has 134 valence electrons. The number of hydrogen-bond donors (Lipinski definition) is 1. The fourth-order valence-electron chi connectivity index (χ4n) is 3.85. The third kappa shape index (κ3) is 3.94. The van der Waals surface area contributed by atoms with Crippen LogP contribution >= 0.6 is 11.6 Å². The second kappa shape index (κ2) is 7.67. The van der Waals surface area contributed by atoms with Gasteiger partial charge in [0.25, 0.3) is 0 Å². The summed E-state index contributed by atoms with van der Waals surface area (Å²) in [6, 6.07) is 8.71. The normalized spacial score (nSPS) is 16.4. The number of rotatable bonds is 5. The van der Waals surface area contributed by atoms with Crippen LogP contribution in [0.3, 0.4) is 0 Å². The fourth-order valence-corrected chi connectivity index (χ4v) is 4.16. The zero-order valence-electron chi connectivity index (χ0n) is 15.4. The molecule has 1 aliphatic rings. The molecule has 1 aliphatic carbocycles. The Morgan fingerprint density at radius 1 is 1.08 bits per heavy atom. The number of methoxy groups -OCH3 is 2. The first-order valence-electron chi connectivity index (χ1n) is 8.74. The fraction of sp³-hybridized carbons (Fsp3) is 0.429. The van der Waals surface area contributed by atoms with E-state index in [-0.39, 0.29) is 0 Å². The second-order valence-electron chi connectivity index (χ2n) is 6.84. The van der Waals surface area contributed by atoms with Gasteiger partial charge >= 0.3 is 0 Å². The monoisotopic (exact) mass is 359 g/mol. The molecule has 0 radical (unpaired) electrons. The van der Waals surface area contributed by atoms with Gasteiger partial charge in [-0.2, -0.15) is 0 Å². The molecule has 1 N–H and O–H groups in total. The Bertz CT molecular complexity index is 753. The number of ether oxygens (including phenoxy) is 2. The number of fused-ring (bicyclic) bond motifs is 1. The van der Waals surface area contributed by atoms with Crippen LogP contribution in [-0.2, 0) is 19.4 Å². The molecule has 2 aromatic carbocycles. The third-order valence-corrected chi connectivity index (χ3v) is 5.17. The van der Waals surface area contributed by atoms with Crippen molar-refractivity contribution >= 4 is 11.6 Å². The topological polar surface area (TPSA) is 30.5 Å². The maximum atomic E-state index is 6.17. The summed E-state index contributed by atoms with van der Waals surface area (Å²) < 4.78 is 11.3. The van der Waals surface area contributed by atoms with Crippen LogP contribution in [0.4, 0.5) is 0 Å². The molecule has 3 nitrogen and oxygen atoms in total. The molecule has 0 fully saturated rings. The van der Waals surface area contributed by atoms with Crippen molar-refractivity contribution in [2.45, 2.75) is 45.7 Å². The lowest BCUT2D eigenvalue weighted by Crippen LogP contribution is -2.34. The van der Waals surface area contributed by atoms with Gasteiger partial charge in [-0.25, -0.2) is 0 Å². The minimum atomic E-state index is 0.423. The van der Waals surface area contributed by atoms with Crippen molar-refractivity contribution in [3.05, 3.63) is 57.1 Å². The van der Waals surface area contributed by atoms with Crippen molar-refractivity contribution in [3.63, 3.8) is 0 Å². The van der Waals surface area contributed by atoms with E-state index in [1.807, 2.05) is 12.1 Å². The van der Waals surface area contributed by atoms with Crippen LogP contribution in [0.5, 0.6) is 11.5 Å². The van der Waals surface area contributed by atoms with E-state index >= 15 is 0 Å². The van der Waals surface area contributed by atoms with Gasteiger partial charge in [0.2, 0.25) is 0 Å². The molecule has 0 spiro atoms. The molecule has 0 aromatic heterocycles. The first kappa shape index (κ1) is 18.1. The van der Waals surface area contributed by atoms with Crippen LogP contribution in [-0.4, -0.2) is 20.3 Å². The van der Waals surface area contributed by atoms with Gasteiger partial charge in [0.15, 0.2) is 0 Å². The largest absolute Gasteiger partial charge is 0.496 e. The third-order valence-electron chi connectivity index (χ3n) is 4.96. The Balaban J connectivity index is 1.77. The summed E-state index contributed by atoms with van der Waals surface area (Å²) in [5.41, 5.74) is 6.13. The van der Waals surface area contributed by atoms with Crippen LogP contribution in [0.25, 0.3) is 0 Å². The Labute approximate surface area is 155 Å². The van der Waals surface area contributed by atoms with Gasteiger partial charge in [-0.15, -0.1) is 0 Å². The number of benzene rings is 2. The highest BCUT2D eigenvalue weighted by molar-refractivity contribution is 6.30. The van der Waals surface area contributed by atoms with Crippen molar-refractivity contribution in [1.82, 2.24) is 5.32 Å². The molecule has 1 atom stereocenters. The molecular formula is C21H26ClNO2. The molecule has 25 heavy (non-hydrogen) atoms. The Morgan fingerprint density at radius 3 is 2.56 bits per heavy atom. The predicted octanol–water partition coefficient (Wildman–Crippen LogP) is 4.62. The van der Waals surface area contributed by atoms with E-state index in [2.05, 4.69) is 31.3 Å². The number of aryl methyl sites for hydroxylation is 2. The van der Waals surface area contributed by atoms with E-state index in [0.717, 1.165) is 47.9 Å². The lowest BCUT2D eigenvalue weighted by Gasteiger charge is -2.29. The molecule has 2 aromatic rings. The summed E-state index contributed by atoms with van der Waals surface area (Å²) in [7, 11) is 3.49. The van der Waals surface area contributed by atoms with Gasteiger partial charge in [0.05, 0.1) is 14.2 Å². The molecule has 1 unspecified atom stereocenters. The lowest BCUT2D eigenvalue weighted by molar-refractivity contribution is 0.373. The summed E-state index contributed by atoms with van der Waals surface area (Å²) >= 11 is 6.17. The number of hydrogen-bond acceptors (Lipinski definition) is 3. The predicted molar refractivity (Wildman–Crippen MR) is 103 cm³/mol. The van der Waals surface area contributed by atoms with Crippen molar-refractivity contribution < 1.29 is 9.47 Å². The number of nitrogens with one attached hydrogen (secondary N) is 1. The number of halogens is 1. The van der Waals surface area contributed by atoms with Crippen molar-refractivity contribution in [1.29, 1.82) is 0 Å². The first-order valence-corrected chi connectivity index (χ1v) is 9.12. The summed E-state index contributed by atoms with van der Waals surface area (Å²) in [5, 5.41) is 4.49. The molecule has 0 saturated carbocycles. The zero-order chi connectivity index (χ0) is 18.0. The zero-order valence-corrected chi connectivity index (χ0v) is 16.2. The van der Waals surface area contributed by atoms with Crippen LogP contribution in [0, 0.1) is 13.8 Å². The van der Waals surface area contributed by atoms with Crippen molar-refractivity contribution in [3.8, 4) is 11.5 Å². The second-order valence-corrected chi connectivity index (χ2v) is 7.28. The molecule has 0 heterocycles. The van der Waals surface area contributed by atoms with Gasteiger partial charge in [0, 0.05) is 28.7 Å². The van der Waals surface area contributed by atoms with Crippen LogP contribution in [0.1, 0.15) is 34.2 Å². The van der Waals surface area contributed by atoms with Crippen LogP contribution in [0.15, 0.2) is 24.3 Å². The first-order chi connectivity index (χ1) is 12.0. The molecular weight excluding hydrogens is 334 g/mol. The van der Waals surface area contributed by atoms with Gasteiger partial charge in [-0.05, 0) is 68.0 Å². The van der Waals surface area contributed by atoms with E-state index in [1.165, 1.54) is 22.3 Å². The van der Waals surface area contributed by atoms with Gasteiger partial charge in [-0.1, -0.05) is 17.7 Å². The molecule has 0 bridgehead atoms. The van der Waals surface area contributed by atoms with E-state index in [1.54, 1.807) is 14.2 Å². The minimum Gasteiger partial charge on any atom is -0.496 e.